The van der Waals surface area contributed by atoms with Gasteiger partial charge in [-0.25, -0.2) is 0 Å². The van der Waals surface area contributed by atoms with Crippen molar-refractivity contribution in [1.82, 2.24) is 0 Å². The highest BCUT2D eigenvalue weighted by atomic mass is 16.5. The monoisotopic (exact) mass is 184 g/mol. The van der Waals surface area contributed by atoms with Crippen molar-refractivity contribution in [3.8, 4) is 0 Å². The van der Waals surface area contributed by atoms with Gasteiger partial charge in [0.05, 0.1) is 25.7 Å². The van der Waals surface area contributed by atoms with Crippen LogP contribution in [0.2, 0.25) is 0 Å². The first kappa shape index (κ1) is 10.3. The Bertz CT molecular complexity index is 208. The summed E-state index contributed by atoms with van der Waals surface area (Å²) in [7, 11) is 0. The van der Waals surface area contributed by atoms with Gasteiger partial charge >= 0.3 is 5.97 Å². The van der Waals surface area contributed by atoms with E-state index in [0.29, 0.717) is 13.2 Å². The van der Waals surface area contributed by atoms with Gasteiger partial charge in [-0.1, -0.05) is 11.6 Å². The summed E-state index contributed by atoms with van der Waals surface area (Å²) in [6.07, 6.45) is 2.82. The van der Waals surface area contributed by atoms with Crippen LogP contribution in [0.5, 0.6) is 0 Å². The van der Waals surface area contributed by atoms with Gasteiger partial charge in [-0.05, 0) is 20.3 Å². The van der Waals surface area contributed by atoms with Crippen molar-refractivity contribution in [3.63, 3.8) is 0 Å². The summed E-state index contributed by atoms with van der Waals surface area (Å²) < 4.78 is 10.1. The van der Waals surface area contributed by atoms with Gasteiger partial charge in [0.15, 0.2) is 0 Å². The Morgan fingerprint density at radius 1 is 1.77 bits per heavy atom. The lowest BCUT2D eigenvalue weighted by atomic mass is 9.97. The van der Waals surface area contributed by atoms with Crippen LogP contribution in [0, 0.1) is 5.92 Å². The van der Waals surface area contributed by atoms with Gasteiger partial charge in [0.1, 0.15) is 0 Å². The SMILES string of the molecule is CCOC(=O)C(C)C1=CCOCC1. The summed E-state index contributed by atoms with van der Waals surface area (Å²) in [6.45, 7) is 5.50. The van der Waals surface area contributed by atoms with Crippen LogP contribution in [-0.2, 0) is 14.3 Å². The molecule has 1 aliphatic heterocycles. The maximum absolute atomic E-state index is 11.3. The standard InChI is InChI=1S/C10H16O3/c1-3-13-10(11)8(2)9-4-6-12-7-5-9/h4,8H,3,5-7H2,1-2H3. The van der Waals surface area contributed by atoms with Crippen molar-refractivity contribution in [2.45, 2.75) is 20.3 Å². The molecule has 1 rings (SSSR count). The molecule has 0 bridgehead atoms. The Morgan fingerprint density at radius 3 is 3.08 bits per heavy atom. The zero-order valence-corrected chi connectivity index (χ0v) is 8.21. The minimum atomic E-state index is -0.129. The molecule has 0 aromatic carbocycles. The van der Waals surface area contributed by atoms with Crippen LogP contribution in [0.1, 0.15) is 20.3 Å². The highest BCUT2D eigenvalue weighted by Crippen LogP contribution is 2.18. The van der Waals surface area contributed by atoms with Gasteiger partial charge in [-0.3, -0.25) is 4.79 Å². The van der Waals surface area contributed by atoms with E-state index >= 15 is 0 Å². The van der Waals surface area contributed by atoms with E-state index in [9.17, 15) is 4.79 Å². The van der Waals surface area contributed by atoms with Crippen LogP contribution in [0.4, 0.5) is 0 Å². The third-order valence-corrected chi connectivity index (χ3v) is 2.19. The van der Waals surface area contributed by atoms with Gasteiger partial charge in [0.2, 0.25) is 0 Å². The Labute approximate surface area is 78.7 Å². The molecule has 0 spiro atoms. The maximum atomic E-state index is 11.3. The second-order valence-electron chi connectivity index (χ2n) is 3.08. The lowest BCUT2D eigenvalue weighted by Gasteiger charge is -2.18. The summed E-state index contributed by atoms with van der Waals surface area (Å²) in [5, 5.41) is 0. The van der Waals surface area contributed by atoms with Crippen molar-refractivity contribution in [2.24, 2.45) is 5.92 Å². The molecule has 0 saturated carbocycles. The molecular formula is C10H16O3. The van der Waals surface area contributed by atoms with Gasteiger partial charge in [-0.15, -0.1) is 0 Å². The summed E-state index contributed by atoms with van der Waals surface area (Å²) in [5.41, 5.74) is 1.14. The third-order valence-electron chi connectivity index (χ3n) is 2.19. The third kappa shape index (κ3) is 2.84. The number of hydrogen-bond acceptors (Lipinski definition) is 3. The molecule has 0 radical (unpaired) electrons. The fourth-order valence-corrected chi connectivity index (χ4v) is 1.35. The number of hydrogen-bond donors (Lipinski definition) is 0. The van der Waals surface area contributed by atoms with E-state index < -0.39 is 0 Å². The van der Waals surface area contributed by atoms with Crippen molar-refractivity contribution in [1.29, 1.82) is 0 Å². The number of carbonyl (C=O) groups excluding carboxylic acids is 1. The first-order chi connectivity index (χ1) is 6.25. The molecular weight excluding hydrogens is 168 g/mol. The Balaban J connectivity index is 2.50. The molecule has 0 aliphatic carbocycles. The van der Waals surface area contributed by atoms with Crippen molar-refractivity contribution in [2.75, 3.05) is 19.8 Å². The largest absolute Gasteiger partial charge is 0.466 e. The highest BCUT2D eigenvalue weighted by molar-refractivity contribution is 5.75. The van der Waals surface area contributed by atoms with Crippen LogP contribution in [0.3, 0.4) is 0 Å². The van der Waals surface area contributed by atoms with E-state index in [1.807, 2.05) is 19.9 Å². The molecule has 1 atom stereocenters. The van der Waals surface area contributed by atoms with Gasteiger partial charge in [-0.2, -0.15) is 0 Å². The molecule has 0 saturated heterocycles. The molecule has 1 aliphatic rings. The molecule has 13 heavy (non-hydrogen) atoms. The molecule has 1 unspecified atom stereocenters. The number of ether oxygens (including phenoxy) is 2. The van der Waals surface area contributed by atoms with E-state index in [1.165, 1.54) is 0 Å². The van der Waals surface area contributed by atoms with Crippen molar-refractivity contribution < 1.29 is 14.3 Å². The second kappa shape index (κ2) is 5.02. The van der Waals surface area contributed by atoms with Crippen molar-refractivity contribution in [3.05, 3.63) is 11.6 Å². The maximum Gasteiger partial charge on any atom is 0.312 e. The normalized spacial score (nSPS) is 19.1. The molecule has 3 nitrogen and oxygen atoms in total. The second-order valence-corrected chi connectivity index (χ2v) is 3.08. The van der Waals surface area contributed by atoms with Gasteiger partial charge in [0, 0.05) is 0 Å². The lowest BCUT2D eigenvalue weighted by Crippen LogP contribution is -2.20. The minimum absolute atomic E-state index is 0.108. The molecule has 74 valence electrons. The fraction of sp³-hybridized carbons (Fsp3) is 0.700. The molecule has 0 fully saturated rings. The quantitative estimate of drug-likeness (QED) is 0.493. The van der Waals surface area contributed by atoms with Crippen LogP contribution >= 0.6 is 0 Å². The van der Waals surface area contributed by atoms with Gasteiger partial charge < -0.3 is 9.47 Å². The molecule has 0 amide bonds. The Hall–Kier alpha value is -0.830. The molecule has 3 heteroatoms. The van der Waals surface area contributed by atoms with Crippen LogP contribution in [0.25, 0.3) is 0 Å². The topological polar surface area (TPSA) is 35.5 Å². The zero-order valence-electron chi connectivity index (χ0n) is 8.21. The lowest BCUT2D eigenvalue weighted by molar-refractivity contribution is -0.146. The summed E-state index contributed by atoms with van der Waals surface area (Å²) in [5.74, 6) is -0.237. The van der Waals surface area contributed by atoms with E-state index in [1.54, 1.807) is 0 Å². The zero-order chi connectivity index (χ0) is 9.68. The number of esters is 1. The predicted molar refractivity (Wildman–Crippen MR) is 49.3 cm³/mol. The first-order valence-corrected chi connectivity index (χ1v) is 4.69. The van der Waals surface area contributed by atoms with E-state index in [2.05, 4.69) is 0 Å². The van der Waals surface area contributed by atoms with Gasteiger partial charge in [0.25, 0.3) is 0 Å². The summed E-state index contributed by atoms with van der Waals surface area (Å²) in [6, 6.07) is 0. The summed E-state index contributed by atoms with van der Waals surface area (Å²) in [4.78, 5) is 11.3. The first-order valence-electron chi connectivity index (χ1n) is 4.69. The smallest absolute Gasteiger partial charge is 0.312 e. The van der Waals surface area contributed by atoms with Crippen LogP contribution < -0.4 is 0 Å². The number of carbonyl (C=O) groups is 1. The molecule has 0 N–H and O–H groups in total. The predicted octanol–water partition coefficient (Wildman–Crippen LogP) is 1.53. The fourth-order valence-electron chi connectivity index (χ4n) is 1.35. The highest BCUT2D eigenvalue weighted by Gasteiger charge is 2.19. The minimum Gasteiger partial charge on any atom is -0.466 e. The van der Waals surface area contributed by atoms with E-state index in [4.69, 9.17) is 9.47 Å². The van der Waals surface area contributed by atoms with Crippen molar-refractivity contribution >= 4 is 5.97 Å². The summed E-state index contributed by atoms with van der Waals surface area (Å²) >= 11 is 0. The Morgan fingerprint density at radius 2 is 2.54 bits per heavy atom. The van der Waals surface area contributed by atoms with Crippen LogP contribution in [-0.4, -0.2) is 25.8 Å². The Kier molecular flexibility index (Phi) is 3.96. The molecule has 1 heterocycles. The van der Waals surface area contributed by atoms with Crippen LogP contribution in [0.15, 0.2) is 11.6 Å². The number of rotatable bonds is 3. The molecule has 0 aromatic heterocycles. The van der Waals surface area contributed by atoms with E-state index in [-0.39, 0.29) is 11.9 Å². The average Bonchev–Trinajstić information content (AvgIpc) is 2.18. The van der Waals surface area contributed by atoms with E-state index in [0.717, 1.165) is 18.6 Å². The average molecular weight is 184 g/mol. The molecule has 0 aromatic rings.